The summed E-state index contributed by atoms with van der Waals surface area (Å²) in [6.45, 7) is 6.08. The molecule has 0 saturated carbocycles. The van der Waals surface area contributed by atoms with Crippen LogP contribution in [0.15, 0.2) is 42.5 Å². The zero-order chi connectivity index (χ0) is 16.6. The van der Waals surface area contributed by atoms with Gasteiger partial charge in [-0.2, -0.15) is 10.4 Å². The van der Waals surface area contributed by atoms with Gasteiger partial charge in [-0.3, -0.25) is 0 Å². The summed E-state index contributed by atoms with van der Waals surface area (Å²) in [6.07, 6.45) is 0.598. The molecule has 0 bridgehead atoms. The molecule has 1 heterocycles. The van der Waals surface area contributed by atoms with E-state index < -0.39 is 0 Å². The molecule has 116 valence electrons. The van der Waals surface area contributed by atoms with Gasteiger partial charge in [0, 0.05) is 6.42 Å². The highest BCUT2D eigenvalue weighted by atomic mass is 15.3. The molecule has 23 heavy (non-hydrogen) atoms. The molecule has 4 nitrogen and oxygen atoms in total. The largest absolute Gasteiger partial charge is 0.383 e. The topological polar surface area (TPSA) is 67.6 Å². The molecule has 2 N–H and O–H groups in total. The molecule has 2 aromatic carbocycles. The zero-order valence-corrected chi connectivity index (χ0v) is 13.7. The van der Waals surface area contributed by atoms with E-state index in [1.807, 2.05) is 32.9 Å². The highest BCUT2D eigenvalue weighted by Gasteiger charge is 2.23. The lowest BCUT2D eigenvalue weighted by Gasteiger charge is -2.20. The molecular formula is C19H20N4. The van der Waals surface area contributed by atoms with Crippen molar-refractivity contribution in [1.82, 2.24) is 9.78 Å². The minimum Gasteiger partial charge on any atom is -0.383 e. The summed E-state index contributed by atoms with van der Waals surface area (Å²) >= 11 is 0. The fourth-order valence-electron chi connectivity index (χ4n) is 2.78. The maximum Gasteiger partial charge on any atom is 0.140 e. The van der Waals surface area contributed by atoms with Crippen LogP contribution < -0.4 is 5.73 Å². The fraction of sp³-hybridized carbons (Fsp3) is 0.263. The zero-order valence-electron chi connectivity index (χ0n) is 13.7. The van der Waals surface area contributed by atoms with E-state index in [-0.39, 0.29) is 5.54 Å². The maximum absolute atomic E-state index is 9.44. The molecule has 0 aliphatic heterocycles. The molecule has 0 spiro atoms. The van der Waals surface area contributed by atoms with E-state index in [0.29, 0.717) is 17.8 Å². The number of hydrogen-bond acceptors (Lipinski definition) is 3. The summed E-state index contributed by atoms with van der Waals surface area (Å²) in [6, 6.07) is 16.8. The maximum atomic E-state index is 9.44. The van der Waals surface area contributed by atoms with Gasteiger partial charge in [-0.1, -0.05) is 42.5 Å². The van der Waals surface area contributed by atoms with Crippen molar-refractivity contribution in [3.63, 3.8) is 0 Å². The van der Waals surface area contributed by atoms with Crippen molar-refractivity contribution in [2.75, 3.05) is 5.73 Å². The summed E-state index contributed by atoms with van der Waals surface area (Å²) in [5, 5.41) is 16.4. The molecule has 0 saturated heterocycles. The average Bonchev–Trinajstić information content (AvgIpc) is 2.83. The molecule has 3 aromatic rings. The molecule has 0 aliphatic carbocycles. The Bertz CT molecular complexity index is 907. The summed E-state index contributed by atoms with van der Waals surface area (Å²) in [4.78, 5) is 0. The van der Waals surface area contributed by atoms with Gasteiger partial charge in [-0.05, 0) is 37.1 Å². The minimum atomic E-state index is -0.253. The number of hydrogen-bond donors (Lipinski definition) is 1. The number of nitriles is 1. The molecule has 3 rings (SSSR count). The average molecular weight is 304 g/mol. The molecule has 0 unspecified atom stereocenters. The van der Waals surface area contributed by atoms with Crippen LogP contribution in [0.3, 0.4) is 0 Å². The number of anilines is 1. The second-order valence-electron chi connectivity index (χ2n) is 6.76. The van der Waals surface area contributed by atoms with Gasteiger partial charge in [-0.25, -0.2) is 4.68 Å². The van der Waals surface area contributed by atoms with Crippen LogP contribution in [0.1, 0.15) is 37.6 Å². The highest BCUT2D eigenvalue weighted by molar-refractivity contribution is 5.83. The normalized spacial score (nSPS) is 11.6. The van der Waals surface area contributed by atoms with Crippen LogP contribution in [-0.2, 0) is 12.0 Å². The van der Waals surface area contributed by atoms with Crippen molar-refractivity contribution in [2.45, 2.75) is 32.7 Å². The van der Waals surface area contributed by atoms with Crippen LogP contribution in [0.2, 0.25) is 0 Å². The predicted octanol–water partition coefficient (Wildman–Crippen LogP) is 3.84. The Hall–Kier alpha value is -2.80. The van der Waals surface area contributed by atoms with E-state index in [2.05, 4.69) is 41.5 Å². The van der Waals surface area contributed by atoms with E-state index in [0.717, 1.165) is 11.3 Å². The standard InChI is InChI=1S/C19H20N4/c1-19(2,3)23-18(21)16(12-20)17(22-23)11-13-8-9-14-6-4-5-7-15(14)10-13/h4-10H,11,21H2,1-3H3. The van der Waals surface area contributed by atoms with Crippen LogP contribution in [-0.4, -0.2) is 9.78 Å². The Morgan fingerprint density at radius 1 is 1.13 bits per heavy atom. The van der Waals surface area contributed by atoms with Gasteiger partial charge in [0.15, 0.2) is 0 Å². The first kappa shape index (κ1) is 15.1. The van der Waals surface area contributed by atoms with Crippen molar-refractivity contribution in [3.05, 3.63) is 59.3 Å². The number of nitrogen functional groups attached to an aromatic ring is 1. The Morgan fingerprint density at radius 2 is 1.83 bits per heavy atom. The minimum absolute atomic E-state index is 0.253. The van der Waals surface area contributed by atoms with E-state index in [4.69, 9.17) is 5.73 Å². The van der Waals surface area contributed by atoms with Crippen molar-refractivity contribution < 1.29 is 0 Å². The summed E-state index contributed by atoms with van der Waals surface area (Å²) < 4.78 is 1.74. The van der Waals surface area contributed by atoms with E-state index in [9.17, 15) is 5.26 Å². The third kappa shape index (κ3) is 2.78. The van der Waals surface area contributed by atoms with E-state index in [1.54, 1.807) is 4.68 Å². The first-order chi connectivity index (χ1) is 10.9. The van der Waals surface area contributed by atoms with Crippen LogP contribution >= 0.6 is 0 Å². The lowest BCUT2D eigenvalue weighted by Crippen LogP contribution is -2.25. The predicted molar refractivity (Wildman–Crippen MR) is 93.1 cm³/mol. The molecule has 0 amide bonds. The van der Waals surface area contributed by atoms with Crippen molar-refractivity contribution >= 4 is 16.6 Å². The number of aromatic nitrogens is 2. The van der Waals surface area contributed by atoms with Gasteiger partial charge >= 0.3 is 0 Å². The van der Waals surface area contributed by atoms with Crippen LogP contribution in [0.5, 0.6) is 0 Å². The van der Waals surface area contributed by atoms with Gasteiger partial charge in [0.1, 0.15) is 17.5 Å². The quantitative estimate of drug-likeness (QED) is 0.782. The second kappa shape index (κ2) is 5.44. The Balaban J connectivity index is 2.03. The first-order valence-corrected chi connectivity index (χ1v) is 7.66. The van der Waals surface area contributed by atoms with Crippen molar-refractivity contribution in [2.24, 2.45) is 0 Å². The van der Waals surface area contributed by atoms with Crippen LogP contribution in [0, 0.1) is 11.3 Å². The third-order valence-electron chi connectivity index (χ3n) is 3.93. The van der Waals surface area contributed by atoms with Crippen molar-refractivity contribution in [3.8, 4) is 6.07 Å². The summed E-state index contributed by atoms with van der Waals surface area (Å²) in [5.41, 5.74) is 8.21. The first-order valence-electron chi connectivity index (χ1n) is 7.66. The number of fused-ring (bicyclic) bond motifs is 1. The Labute approximate surface area is 136 Å². The third-order valence-corrected chi connectivity index (χ3v) is 3.93. The Kier molecular flexibility index (Phi) is 3.57. The summed E-state index contributed by atoms with van der Waals surface area (Å²) in [5.74, 6) is 0.441. The lowest BCUT2D eigenvalue weighted by molar-refractivity contribution is 0.359. The molecule has 4 heteroatoms. The van der Waals surface area contributed by atoms with E-state index >= 15 is 0 Å². The molecule has 0 radical (unpaired) electrons. The van der Waals surface area contributed by atoms with Gasteiger partial charge in [0.25, 0.3) is 0 Å². The molecule has 0 aliphatic rings. The fourth-order valence-corrected chi connectivity index (χ4v) is 2.78. The number of rotatable bonds is 2. The van der Waals surface area contributed by atoms with Gasteiger partial charge in [0.05, 0.1) is 11.2 Å². The smallest absolute Gasteiger partial charge is 0.140 e. The van der Waals surface area contributed by atoms with Crippen LogP contribution in [0.25, 0.3) is 10.8 Å². The molecule has 0 fully saturated rings. The van der Waals surface area contributed by atoms with Gasteiger partial charge in [-0.15, -0.1) is 0 Å². The SMILES string of the molecule is CC(C)(C)n1nc(Cc2ccc3ccccc3c2)c(C#N)c1N. The summed E-state index contributed by atoms with van der Waals surface area (Å²) in [7, 11) is 0. The number of nitrogens with zero attached hydrogens (tertiary/aromatic N) is 3. The molecule has 0 atom stereocenters. The number of nitrogens with two attached hydrogens (primary N) is 1. The highest BCUT2D eigenvalue weighted by Crippen LogP contribution is 2.26. The van der Waals surface area contributed by atoms with Gasteiger partial charge in [0.2, 0.25) is 0 Å². The van der Waals surface area contributed by atoms with Crippen molar-refractivity contribution in [1.29, 1.82) is 5.26 Å². The van der Waals surface area contributed by atoms with Crippen LogP contribution in [0.4, 0.5) is 5.82 Å². The molecular weight excluding hydrogens is 284 g/mol. The van der Waals surface area contributed by atoms with E-state index in [1.165, 1.54) is 10.8 Å². The Morgan fingerprint density at radius 3 is 2.48 bits per heavy atom. The second-order valence-corrected chi connectivity index (χ2v) is 6.76. The monoisotopic (exact) mass is 304 g/mol. The number of benzene rings is 2. The molecule has 1 aromatic heterocycles. The van der Waals surface area contributed by atoms with Gasteiger partial charge < -0.3 is 5.73 Å². The lowest BCUT2D eigenvalue weighted by atomic mass is 10.0.